The van der Waals surface area contributed by atoms with Crippen LogP contribution in [0.25, 0.3) is 0 Å². The Hall–Kier alpha value is -1.47. The molecule has 1 aromatic heterocycles. The van der Waals surface area contributed by atoms with Crippen LogP contribution in [0.4, 0.5) is 0 Å². The summed E-state index contributed by atoms with van der Waals surface area (Å²) in [4.78, 5) is 9.27. The van der Waals surface area contributed by atoms with Gasteiger partial charge in [0.25, 0.3) is 0 Å². The predicted molar refractivity (Wildman–Crippen MR) is 96.5 cm³/mol. The Kier molecular flexibility index (Phi) is 6.20. The molecule has 130 valence electrons. The van der Waals surface area contributed by atoms with Gasteiger partial charge in [-0.1, -0.05) is 18.2 Å². The van der Waals surface area contributed by atoms with Crippen molar-refractivity contribution in [3.05, 3.63) is 46.4 Å². The predicted octanol–water partition coefficient (Wildman–Crippen LogP) is 2.01. The van der Waals surface area contributed by atoms with Gasteiger partial charge in [0.2, 0.25) is 0 Å². The van der Waals surface area contributed by atoms with Crippen molar-refractivity contribution in [1.82, 2.24) is 14.8 Å². The SMILES string of the molecule is Cc1nc(CN2CCN(CC(O)COc3ccccc3)CC2)cs1. The molecule has 0 aliphatic carbocycles. The van der Waals surface area contributed by atoms with Crippen molar-refractivity contribution in [2.45, 2.75) is 19.6 Å². The Labute approximate surface area is 147 Å². The highest BCUT2D eigenvalue weighted by molar-refractivity contribution is 7.09. The number of hydrogen-bond acceptors (Lipinski definition) is 6. The Morgan fingerprint density at radius 3 is 2.54 bits per heavy atom. The van der Waals surface area contributed by atoms with Gasteiger partial charge in [0, 0.05) is 44.6 Å². The van der Waals surface area contributed by atoms with Gasteiger partial charge in [-0.2, -0.15) is 0 Å². The van der Waals surface area contributed by atoms with E-state index in [1.165, 1.54) is 5.69 Å². The lowest BCUT2D eigenvalue weighted by Crippen LogP contribution is -2.48. The summed E-state index contributed by atoms with van der Waals surface area (Å²) in [6.45, 7) is 7.96. The van der Waals surface area contributed by atoms with Crippen LogP contribution in [0.3, 0.4) is 0 Å². The van der Waals surface area contributed by atoms with Crippen LogP contribution in [-0.2, 0) is 6.54 Å². The third-order valence-electron chi connectivity index (χ3n) is 4.17. The van der Waals surface area contributed by atoms with Gasteiger partial charge in [0.15, 0.2) is 0 Å². The number of aliphatic hydroxyl groups is 1. The fraction of sp³-hybridized carbons (Fsp3) is 0.500. The van der Waals surface area contributed by atoms with Gasteiger partial charge in [-0.3, -0.25) is 9.80 Å². The van der Waals surface area contributed by atoms with Crippen molar-refractivity contribution < 1.29 is 9.84 Å². The van der Waals surface area contributed by atoms with Crippen molar-refractivity contribution in [1.29, 1.82) is 0 Å². The number of hydrogen-bond donors (Lipinski definition) is 1. The zero-order valence-electron chi connectivity index (χ0n) is 14.1. The first kappa shape index (κ1) is 17.4. The number of rotatable bonds is 7. The molecule has 1 aliphatic heterocycles. The van der Waals surface area contributed by atoms with Gasteiger partial charge in [-0.15, -0.1) is 11.3 Å². The molecule has 2 heterocycles. The molecule has 24 heavy (non-hydrogen) atoms. The second-order valence-electron chi connectivity index (χ2n) is 6.21. The second-order valence-corrected chi connectivity index (χ2v) is 7.27. The Balaban J connectivity index is 1.35. The molecule has 6 heteroatoms. The molecule has 0 bridgehead atoms. The standard InChI is InChI=1S/C18H25N3O2S/c1-15-19-16(14-24-15)11-20-7-9-21(10-8-20)12-17(22)13-23-18-5-3-2-4-6-18/h2-6,14,17,22H,7-13H2,1H3. The van der Waals surface area contributed by atoms with Crippen LogP contribution in [0, 0.1) is 6.92 Å². The van der Waals surface area contributed by atoms with Crippen molar-refractivity contribution >= 4 is 11.3 Å². The summed E-state index contributed by atoms with van der Waals surface area (Å²) in [6.07, 6.45) is -0.460. The molecule has 0 saturated carbocycles. The molecular weight excluding hydrogens is 322 g/mol. The van der Waals surface area contributed by atoms with Crippen molar-refractivity contribution in [2.24, 2.45) is 0 Å². The number of piperazine rings is 1. The molecule has 1 unspecified atom stereocenters. The monoisotopic (exact) mass is 347 g/mol. The number of benzene rings is 1. The number of aromatic nitrogens is 1. The number of ether oxygens (including phenoxy) is 1. The molecule has 5 nitrogen and oxygen atoms in total. The maximum Gasteiger partial charge on any atom is 0.119 e. The first-order valence-corrected chi connectivity index (χ1v) is 9.28. The molecule has 1 aliphatic rings. The van der Waals surface area contributed by atoms with E-state index < -0.39 is 6.10 Å². The van der Waals surface area contributed by atoms with Crippen LogP contribution in [0.15, 0.2) is 35.7 Å². The number of thiazole rings is 1. The normalized spacial score (nSPS) is 17.8. The molecule has 2 aromatic rings. The first-order valence-electron chi connectivity index (χ1n) is 8.40. The van der Waals surface area contributed by atoms with Gasteiger partial charge in [-0.05, 0) is 19.1 Å². The summed E-state index contributed by atoms with van der Waals surface area (Å²) in [6, 6.07) is 9.64. The van der Waals surface area contributed by atoms with E-state index in [0.29, 0.717) is 13.2 Å². The van der Waals surface area contributed by atoms with Crippen molar-refractivity contribution in [2.75, 3.05) is 39.3 Å². The molecule has 1 atom stereocenters. The lowest BCUT2D eigenvalue weighted by atomic mass is 10.2. The van der Waals surface area contributed by atoms with E-state index in [4.69, 9.17) is 4.74 Å². The van der Waals surface area contributed by atoms with Gasteiger partial charge >= 0.3 is 0 Å². The maximum absolute atomic E-state index is 10.2. The van der Waals surface area contributed by atoms with Crippen molar-refractivity contribution in [3.63, 3.8) is 0 Å². The minimum Gasteiger partial charge on any atom is -0.491 e. The molecule has 1 saturated heterocycles. The average Bonchev–Trinajstić information content (AvgIpc) is 3.01. The number of aliphatic hydroxyl groups excluding tert-OH is 1. The minimum atomic E-state index is -0.460. The first-order chi connectivity index (χ1) is 11.7. The van der Waals surface area contributed by atoms with E-state index in [9.17, 15) is 5.11 Å². The zero-order chi connectivity index (χ0) is 16.8. The Morgan fingerprint density at radius 1 is 1.17 bits per heavy atom. The van der Waals surface area contributed by atoms with E-state index in [2.05, 4.69) is 20.2 Å². The molecule has 0 spiro atoms. The Morgan fingerprint density at radius 2 is 1.88 bits per heavy atom. The van der Waals surface area contributed by atoms with Crippen LogP contribution in [0.2, 0.25) is 0 Å². The average molecular weight is 347 g/mol. The molecule has 1 fully saturated rings. The fourth-order valence-electron chi connectivity index (χ4n) is 2.90. The largest absolute Gasteiger partial charge is 0.491 e. The highest BCUT2D eigenvalue weighted by Gasteiger charge is 2.20. The highest BCUT2D eigenvalue weighted by atomic mass is 32.1. The molecule has 1 aromatic carbocycles. The summed E-state index contributed by atoms with van der Waals surface area (Å²) >= 11 is 1.71. The number of β-amino-alcohol motifs (C(OH)–C–C–N with tert-alkyl or cyclic N) is 1. The molecule has 3 rings (SSSR count). The third-order valence-corrected chi connectivity index (χ3v) is 4.99. The molecule has 0 amide bonds. The summed E-state index contributed by atoms with van der Waals surface area (Å²) in [5.41, 5.74) is 1.17. The van der Waals surface area contributed by atoms with Crippen LogP contribution in [0.1, 0.15) is 10.7 Å². The molecular formula is C18H25N3O2S. The summed E-state index contributed by atoms with van der Waals surface area (Å²) in [5, 5.41) is 13.5. The second kappa shape index (κ2) is 8.58. The minimum absolute atomic E-state index is 0.336. The van der Waals surface area contributed by atoms with Gasteiger partial charge in [-0.25, -0.2) is 4.98 Å². The van der Waals surface area contributed by atoms with E-state index in [-0.39, 0.29) is 0 Å². The smallest absolute Gasteiger partial charge is 0.119 e. The number of para-hydroxylation sites is 1. The molecule has 1 N–H and O–H groups in total. The van der Waals surface area contributed by atoms with E-state index in [1.54, 1.807) is 11.3 Å². The Bertz CT molecular complexity index is 612. The highest BCUT2D eigenvalue weighted by Crippen LogP contribution is 2.13. The van der Waals surface area contributed by atoms with Crippen molar-refractivity contribution in [3.8, 4) is 5.75 Å². The van der Waals surface area contributed by atoms with Gasteiger partial charge in [0.05, 0.1) is 10.7 Å². The van der Waals surface area contributed by atoms with Gasteiger partial charge in [0.1, 0.15) is 18.5 Å². The molecule has 0 radical (unpaired) electrons. The summed E-state index contributed by atoms with van der Waals surface area (Å²) in [5.74, 6) is 0.805. The number of nitrogens with zero attached hydrogens (tertiary/aromatic N) is 3. The van der Waals surface area contributed by atoms with Gasteiger partial charge < -0.3 is 9.84 Å². The third kappa shape index (κ3) is 5.27. The summed E-state index contributed by atoms with van der Waals surface area (Å²) < 4.78 is 5.62. The van der Waals surface area contributed by atoms with Crippen LogP contribution in [-0.4, -0.2) is 65.3 Å². The van der Waals surface area contributed by atoms with Crippen LogP contribution in [0.5, 0.6) is 5.75 Å². The maximum atomic E-state index is 10.2. The van der Waals surface area contributed by atoms with E-state index in [1.807, 2.05) is 37.3 Å². The van der Waals surface area contributed by atoms with E-state index >= 15 is 0 Å². The lowest BCUT2D eigenvalue weighted by molar-refractivity contribution is 0.0444. The fourth-order valence-corrected chi connectivity index (χ4v) is 3.50. The zero-order valence-corrected chi connectivity index (χ0v) is 14.9. The quantitative estimate of drug-likeness (QED) is 0.830. The van der Waals surface area contributed by atoms with E-state index in [0.717, 1.165) is 43.5 Å². The lowest BCUT2D eigenvalue weighted by Gasteiger charge is -2.35. The number of aryl methyl sites for hydroxylation is 1. The summed E-state index contributed by atoms with van der Waals surface area (Å²) in [7, 11) is 0. The van der Waals surface area contributed by atoms with Crippen LogP contribution >= 0.6 is 11.3 Å². The topological polar surface area (TPSA) is 48.8 Å². The van der Waals surface area contributed by atoms with Crippen LogP contribution < -0.4 is 4.74 Å².